The van der Waals surface area contributed by atoms with Gasteiger partial charge in [-0.2, -0.15) is 13.2 Å². The molecular weight excluding hydrogens is 669 g/mol. The van der Waals surface area contributed by atoms with Gasteiger partial charge in [0.1, 0.15) is 12.4 Å². The molecule has 0 N–H and O–H groups in total. The number of hydrogen-bond acceptors (Lipinski definition) is 6. The monoisotopic (exact) mass is 708 g/mol. The number of ether oxygens (including phenoxy) is 1. The molecule has 7 nitrogen and oxygen atoms in total. The lowest BCUT2D eigenvalue weighted by Gasteiger charge is -2.39. The number of aromatic nitrogens is 2. The fourth-order valence-electron chi connectivity index (χ4n) is 6.66. The van der Waals surface area contributed by atoms with Gasteiger partial charge in [-0.15, -0.1) is 0 Å². The molecule has 0 atom stereocenters. The van der Waals surface area contributed by atoms with E-state index >= 15 is 0 Å². The van der Waals surface area contributed by atoms with Crippen molar-refractivity contribution in [3.8, 4) is 11.1 Å². The van der Waals surface area contributed by atoms with Crippen molar-refractivity contribution in [3.63, 3.8) is 0 Å². The summed E-state index contributed by atoms with van der Waals surface area (Å²) in [6.45, 7) is 3.23. The number of likely N-dealkylation sites (tertiary alicyclic amines) is 1. The fourth-order valence-corrected chi connectivity index (χ4v) is 7.62. The summed E-state index contributed by atoms with van der Waals surface area (Å²) in [7, 11) is 1.68. The van der Waals surface area contributed by atoms with Gasteiger partial charge in [0.25, 0.3) is 5.56 Å². The zero-order chi connectivity index (χ0) is 35.3. The molecule has 0 radical (unpaired) electrons. The van der Waals surface area contributed by atoms with Crippen LogP contribution in [0, 0.1) is 5.82 Å². The molecule has 0 spiro atoms. The van der Waals surface area contributed by atoms with Crippen LogP contribution in [0.5, 0.6) is 0 Å². The van der Waals surface area contributed by atoms with Gasteiger partial charge in [-0.05, 0) is 78.6 Å². The zero-order valence-corrected chi connectivity index (χ0v) is 28.7. The molecule has 1 fully saturated rings. The zero-order valence-electron chi connectivity index (χ0n) is 27.9. The molecule has 2 heterocycles. The minimum absolute atomic E-state index is 0.0516. The van der Waals surface area contributed by atoms with Crippen molar-refractivity contribution < 1.29 is 27.1 Å². The van der Waals surface area contributed by atoms with Gasteiger partial charge in [0, 0.05) is 50.6 Å². The molecule has 1 aromatic heterocycles. The average molecular weight is 709 g/mol. The van der Waals surface area contributed by atoms with Crippen LogP contribution >= 0.6 is 11.8 Å². The minimum atomic E-state index is -4.40. The number of benzene rings is 3. The normalized spacial score (nSPS) is 15.3. The molecule has 1 amide bonds. The highest BCUT2D eigenvalue weighted by molar-refractivity contribution is 7.98. The SMILES string of the molecule is COCCN1CCC(N(Cc2ccc(-c3ccc(C(F)(F)F)cc3)cc2)C(=O)Cn2c(SCc3ccc(F)cc3)nc3c(c2=O)CCC3)CC1. The summed E-state index contributed by atoms with van der Waals surface area (Å²) in [6.07, 6.45) is -0.673. The molecule has 0 saturated carbocycles. The smallest absolute Gasteiger partial charge is 0.383 e. The predicted molar refractivity (Wildman–Crippen MR) is 185 cm³/mol. The van der Waals surface area contributed by atoms with Crippen LogP contribution in [0.1, 0.15) is 47.2 Å². The Bertz CT molecular complexity index is 1820. The van der Waals surface area contributed by atoms with Crippen LogP contribution < -0.4 is 5.56 Å². The molecule has 3 aromatic carbocycles. The van der Waals surface area contributed by atoms with Crippen LogP contribution in [0.25, 0.3) is 11.1 Å². The molecular formula is C38H40F4N4O3S. The minimum Gasteiger partial charge on any atom is -0.383 e. The van der Waals surface area contributed by atoms with E-state index < -0.39 is 11.7 Å². The van der Waals surface area contributed by atoms with Gasteiger partial charge in [0.2, 0.25) is 5.91 Å². The number of alkyl halides is 3. The summed E-state index contributed by atoms with van der Waals surface area (Å²) in [5, 5.41) is 0.476. The lowest BCUT2D eigenvalue weighted by molar-refractivity contribution is -0.138. The molecule has 1 aliphatic heterocycles. The summed E-state index contributed by atoms with van der Waals surface area (Å²) in [4.78, 5) is 37.2. The van der Waals surface area contributed by atoms with E-state index in [2.05, 4.69) is 4.90 Å². The van der Waals surface area contributed by atoms with Gasteiger partial charge in [-0.1, -0.05) is 60.3 Å². The Morgan fingerprint density at radius 2 is 1.58 bits per heavy atom. The highest BCUT2D eigenvalue weighted by Crippen LogP contribution is 2.31. The Hall–Kier alpha value is -4.00. The number of hydrogen-bond donors (Lipinski definition) is 0. The van der Waals surface area contributed by atoms with Gasteiger partial charge < -0.3 is 14.5 Å². The second kappa shape index (κ2) is 15.9. The molecule has 1 aliphatic carbocycles. The second-order valence-electron chi connectivity index (χ2n) is 12.8. The number of nitrogens with zero attached hydrogens (tertiary/aromatic N) is 4. The third kappa shape index (κ3) is 8.65. The number of piperidine rings is 1. The van der Waals surface area contributed by atoms with Crippen LogP contribution in [0.2, 0.25) is 0 Å². The quantitative estimate of drug-likeness (QED) is 0.0899. The van der Waals surface area contributed by atoms with E-state index in [0.717, 1.165) is 79.8 Å². The molecule has 0 unspecified atom stereocenters. The first-order valence-corrected chi connectivity index (χ1v) is 17.8. The summed E-state index contributed by atoms with van der Waals surface area (Å²) in [5.41, 5.74) is 3.76. The first-order chi connectivity index (χ1) is 24.1. The molecule has 12 heteroatoms. The number of rotatable bonds is 12. The van der Waals surface area contributed by atoms with Crippen LogP contribution in [-0.4, -0.2) is 64.7 Å². The second-order valence-corrected chi connectivity index (χ2v) is 13.8. The number of methoxy groups -OCH3 is 1. The largest absolute Gasteiger partial charge is 0.416 e. The van der Waals surface area contributed by atoms with Crippen molar-refractivity contribution >= 4 is 17.7 Å². The summed E-state index contributed by atoms with van der Waals surface area (Å²) in [5.74, 6) is -0.0392. The topological polar surface area (TPSA) is 67.7 Å². The number of halogens is 4. The van der Waals surface area contributed by atoms with Gasteiger partial charge in [0.15, 0.2) is 5.16 Å². The average Bonchev–Trinajstić information content (AvgIpc) is 3.60. The van der Waals surface area contributed by atoms with Crippen molar-refractivity contribution in [2.24, 2.45) is 0 Å². The van der Waals surface area contributed by atoms with Gasteiger partial charge >= 0.3 is 6.18 Å². The molecule has 1 saturated heterocycles. The van der Waals surface area contributed by atoms with Crippen LogP contribution in [0.4, 0.5) is 17.6 Å². The van der Waals surface area contributed by atoms with Gasteiger partial charge in [-0.3, -0.25) is 14.2 Å². The van der Waals surface area contributed by atoms with Crippen LogP contribution in [0.15, 0.2) is 82.7 Å². The number of aryl methyl sites for hydroxylation is 1. The third-order valence-electron chi connectivity index (χ3n) is 9.51. The Labute approximate surface area is 293 Å². The first-order valence-electron chi connectivity index (χ1n) is 16.9. The summed E-state index contributed by atoms with van der Waals surface area (Å²) >= 11 is 1.37. The van der Waals surface area contributed by atoms with Crippen molar-refractivity contribution in [2.75, 3.05) is 33.4 Å². The Kier molecular flexibility index (Phi) is 11.4. The van der Waals surface area contributed by atoms with Crippen molar-refractivity contribution in [3.05, 3.63) is 117 Å². The van der Waals surface area contributed by atoms with Gasteiger partial charge in [0.05, 0.1) is 17.9 Å². The standard InChI is InChI=1S/C38H40F4N4O3S/c1-49-22-21-44-19-17-32(18-20-44)45(23-26-5-9-28(10-6-26)29-11-13-30(14-12-29)38(40,41)42)35(47)24-46-36(48)33-3-2-4-34(33)43-37(46)50-25-27-7-15-31(39)16-8-27/h5-16,32H,2-4,17-25H2,1H3. The molecule has 6 rings (SSSR count). The van der Waals surface area contributed by atoms with Gasteiger partial charge in [-0.25, -0.2) is 9.37 Å². The number of carbonyl (C=O) groups is 1. The van der Waals surface area contributed by atoms with Crippen molar-refractivity contribution in [1.29, 1.82) is 0 Å². The molecule has 0 bridgehead atoms. The van der Waals surface area contributed by atoms with Crippen molar-refractivity contribution in [2.45, 2.75) is 68.3 Å². The number of fused-ring (bicyclic) bond motifs is 1. The van der Waals surface area contributed by atoms with Crippen LogP contribution in [-0.2, 0) is 47.4 Å². The molecule has 4 aromatic rings. The van der Waals surface area contributed by atoms with E-state index in [4.69, 9.17) is 9.72 Å². The Balaban J connectivity index is 1.24. The predicted octanol–water partition coefficient (Wildman–Crippen LogP) is 6.99. The highest BCUT2D eigenvalue weighted by Gasteiger charge is 2.31. The number of amides is 1. The van der Waals surface area contributed by atoms with E-state index in [9.17, 15) is 27.2 Å². The van der Waals surface area contributed by atoms with E-state index in [-0.39, 0.29) is 29.9 Å². The lowest BCUT2D eigenvalue weighted by Crippen LogP contribution is -2.49. The number of carbonyl (C=O) groups excluding carboxylic acids is 1. The van der Waals surface area contributed by atoms with E-state index in [1.165, 1.54) is 40.6 Å². The van der Waals surface area contributed by atoms with E-state index in [1.54, 1.807) is 19.2 Å². The Morgan fingerprint density at radius 1 is 0.940 bits per heavy atom. The molecule has 50 heavy (non-hydrogen) atoms. The lowest BCUT2D eigenvalue weighted by atomic mass is 10.00. The Morgan fingerprint density at radius 3 is 2.22 bits per heavy atom. The third-order valence-corrected chi connectivity index (χ3v) is 10.6. The van der Waals surface area contributed by atoms with E-state index in [0.29, 0.717) is 41.6 Å². The maximum atomic E-state index is 14.3. The fraction of sp³-hybridized carbons (Fsp3) is 0.395. The van der Waals surface area contributed by atoms with Crippen LogP contribution in [0.3, 0.4) is 0 Å². The number of thioether (sulfide) groups is 1. The molecule has 2 aliphatic rings. The highest BCUT2D eigenvalue weighted by atomic mass is 32.2. The first kappa shape index (κ1) is 35.8. The van der Waals surface area contributed by atoms with Crippen molar-refractivity contribution in [1.82, 2.24) is 19.4 Å². The maximum Gasteiger partial charge on any atom is 0.416 e. The maximum absolute atomic E-state index is 14.3. The molecule has 264 valence electrons. The summed E-state index contributed by atoms with van der Waals surface area (Å²) < 4.78 is 59.5. The summed E-state index contributed by atoms with van der Waals surface area (Å²) in [6, 6.07) is 18.7. The van der Waals surface area contributed by atoms with E-state index in [1.807, 2.05) is 29.2 Å².